The van der Waals surface area contributed by atoms with E-state index in [1.54, 1.807) is 19.2 Å². The molecule has 0 aromatic carbocycles. The Balaban J connectivity index is -0.0000000889. The summed E-state index contributed by atoms with van der Waals surface area (Å²) in [6, 6.07) is 7.70. The van der Waals surface area contributed by atoms with Crippen LogP contribution < -0.4 is 0 Å². The Hall–Kier alpha value is -0.780. The Morgan fingerprint density at radius 2 is 1.08 bits per heavy atom. The zero-order valence-corrected chi connectivity index (χ0v) is 14.9. The Labute approximate surface area is 173 Å². The number of rotatable bonds is 2. The first kappa shape index (κ1) is 35.4. The van der Waals surface area contributed by atoms with E-state index in [1.807, 2.05) is 24.4 Å². The molecule has 1 atom stereocenters. The minimum Gasteiger partial charge on any atom is -0.387 e. The zero-order valence-electron chi connectivity index (χ0n) is 11.7. The molecule has 2 rings (SSSR count). The third-order valence-electron chi connectivity index (χ3n) is 2.52. The van der Waals surface area contributed by atoms with Gasteiger partial charge in [-0.3, -0.25) is 9.97 Å². The van der Waals surface area contributed by atoms with Crippen molar-refractivity contribution >= 4 is 31.9 Å². The van der Waals surface area contributed by atoms with Gasteiger partial charge in [0.05, 0.1) is 11.8 Å². The van der Waals surface area contributed by atoms with E-state index in [4.69, 9.17) is 5.11 Å². The molecule has 0 amide bonds. The fourth-order valence-electron chi connectivity index (χ4n) is 1.36. The van der Waals surface area contributed by atoms with E-state index in [0.717, 1.165) is 14.6 Å². The average Bonchev–Trinajstić information content (AvgIpc) is 2.40. The maximum atomic E-state index is 9.04. The third-order valence-corrected chi connectivity index (χ3v) is 3.46. The molecule has 0 saturated carbocycles. The quantitative estimate of drug-likeness (QED) is 0.467. The van der Waals surface area contributed by atoms with Crippen LogP contribution in [0.15, 0.2) is 45.6 Å². The lowest BCUT2D eigenvalue weighted by atomic mass is 10.4. The van der Waals surface area contributed by atoms with Crippen molar-refractivity contribution in [3.63, 3.8) is 0 Å². The van der Waals surface area contributed by atoms with Crippen LogP contribution >= 0.6 is 31.9 Å². The Morgan fingerprint density at radius 1 is 0.720 bits per heavy atom. The van der Waals surface area contributed by atoms with E-state index in [9.17, 15) is 0 Å². The molecule has 0 bridgehead atoms. The molecule has 5 heteroatoms. The van der Waals surface area contributed by atoms with Gasteiger partial charge in [0.1, 0.15) is 0 Å². The van der Waals surface area contributed by atoms with Crippen molar-refractivity contribution < 1.29 is 5.11 Å². The number of aliphatic hydroxyl groups is 1. The summed E-state index contributed by atoms with van der Waals surface area (Å²) in [6.45, 7) is 5.96. The fraction of sp³-hybridized carbons (Fsp3) is 0.500. The van der Waals surface area contributed by atoms with Crippen molar-refractivity contribution in [2.24, 2.45) is 0 Å². The first-order valence-corrected chi connectivity index (χ1v) is 7.89. The lowest BCUT2D eigenvalue weighted by molar-refractivity contribution is 0.194. The Morgan fingerprint density at radius 3 is 1.32 bits per heavy atom. The van der Waals surface area contributed by atoms with Crippen molar-refractivity contribution in [3.05, 3.63) is 57.0 Å². The van der Waals surface area contributed by atoms with Crippen molar-refractivity contribution in [2.45, 2.75) is 69.9 Å². The topological polar surface area (TPSA) is 46.0 Å². The van der Waals surface area contributed by atoms with E-state index >= 15 is 0 Å². The van der Waals surface area contributed by atoms with Gasteiger partial charge in [0, 0.05) is 27.0 Å². The highest BCUT2D eigenvalue weighted by molar-refractivity contribution is 9.10. The van der Waals surface area contributed by atoms with E-state index < -0.39 is 6.10 Å². The summed E-state index contributed by atoms with van der Waals surface area (Å²) >= 11 is 6.58. The number of halogens is 2. The molecule has 0 fully saturated rings. The second-order valence-electron chi connectivity index (χ2n) is 4.63. The predicted octanol–water partition coefficient (Wildman–Crippen LogP) is 8.05. The maximum Gasteiger partial charge on any atom is 0.0931 e. The Kier molecular flexibility index (Phi) is 25.5. The van der Waals surface area contributed by atoms with Gasteiger partial charge < -0.3 is 5.11 Å². The molecule has 0 aliphatic heterocycles. The molecule has 2 aromatic heterocycles. The zero-order chi connectivity index (χ0) is 15.1. The highest BCUT2D eigenvalue weighted by Gasteiger charge is 1.99. The number of pyridine rings is 2. The molecule has 1 unspecified atom stereocenters. The van der Waals surface area contributed by atoms with Gasteiger partial charge in [0.2, 0.25) is 0 Å². The average molecular weight is 486 g/mol. The van der Waals surface area contributed by atoms with Crippen molar-refractivity contribution in [3.8, 4) is 0 Å². The summed E-state index contributed by atoms with van der Waals surface area (Å²) in [5.41, 5.74) is 1.84. The molecule has 0 aliphatic rings. The van der Waals surface area contributed by atoms with E-state index in [0.29, 0.717) is 11.6 Å². The second-order valence-corrected chi connectivity index (χ2v) is 6.46. The molecule has 0 radical (unpaired) electrons. The van der Waals surface area contributed by atoms with Crippen LogP contribution in [-0.4, -0.2) is 15.1 Å². The summed E-state index contributed by atoms with van der Waals surface area (Å²) in [5, 5.41) is 9.04. The first-order valence-electron chi connectivity index (χ1n) is 6.31. The van der Waals surface area contributed by atoms with Crippen LogP contribution in [0.25, 0.3) is 0 Å². The lowest BCUT2D eigenvalue weighted by Crippen LogP contribution is -1.93. The van der Waals surface area contributed by atoms with Gasteiger partial charge >= 0.3 is 0 Å². The highest BCUT2D eigenvalue weighted by atomic mass is 79.9. The number of nitrogens with zero attached hydrogens (tertiary/aromatic N) is 2. The number of aliphatic hydroxyl groups excluding tert-OH is 1. The van der Waals surface area contributed by atoms with Crippen molar-refractivity contribution in [1.82, 2.24) is 9.97 Å². The largest absolute Gasteiger partial charge is 0.387 e. The van der Waals surface area contributed by atoms with Gasteiger partial charge in [-0.1, -0.05) is 51.0 Å². The number of aromatic nitrogens is 2. The summed E-state index contributed by atoms with van der Waals surface area (Å²) in [5.74, 6) is 0.521. The van der Waals surface area contributed by atoms with Gasteiger partial charge in [0.25, 0.3) is 0 Å². The van der Waals surface area contributed by atoms with Crippen LogP contribution in [0.5, 0.6) is 0 Å². The minimum atomic E-state index is -0.479. The van der Waals surface area contributed by atoms with E-state index in [2.05, 4.69) is 55.7 Å². The van der Waals surface area contributed by atoms with Gasteiger partial charge in [-0.2, -0.15) is 0 Å². The van der Waals surface area contributed by atoms with Gasteiger partial charge in [0.15, 0.2) is 0 Å². The minimum absolute atomic E-state index is 0. The highest BCUT2D eigenvalue weighted by Crippen LogP contribution is 2.14. The van der Waals surface area contributed by atoms with E-state index in [1.165, 1.54) is 0 Å². The lowest BCUT2D eigenvalue weighted by Gasteiger charge is -2.01. The molecule has 25 heavy (non-hydrogen) atoms. The molecule has 0 saturated heterocycles. The molecule has 2 aromatic rings. The van der Waals surface area contributed by atoms with Gasteiger partial charge in [-0.15, -0.1) is 0 Å². The van der Waals surface area contributed by atoms with Crippen molar-refractivity contribution in [1.29, 1.82) is 0 Å². The molecule has 148 valence electrons. The number of hydrogen-bond donors (Lipinski definition) is 1. The second kappa shape index (κ2) is 18.0. The third kappa shape index (κ3) is 14.1. The fourth-order valence-corrected chi connectivity index (χ4v) is 1.83. The van der Waals surface area contributed by atoms with Crippen LogP contribution in [-0.2, 0) is 0 Å². The summed E-state index contributed by atoms with van der Waals surface area (Å²) in [7, 11) is 0. The van der Waals surface area contributed by atoms with Crippen molar-refractivity contribution in [2.75, 3.05) is 0 Å². The number of hydrogen-bond acceptors (Lipinski definition) is 3. The van der Waals surface area contributed by atoms with E-state index in [-0.39, 0.29) is 37.1 Å². The predicted molar refractivity (Wildman–Crippen MR) is 122 cm³/mol. The molecule has 3 nitrogen and oxygen atoms in total. The molecule has 1 N–H and O–H groups in total. The summed E-state index contributed by atoms with van der Waals surface area (Å²) in [6.07, 6.45) is 3.02. The van der Waals surface area contributed by atoms with Crippen LogP contribution in [0.4, 0.5) is 0 Å². The van der Waals surface area contributed by atoms with Crippen LogP contribution in [0.2, 0.25) is 0 Å². The molecular weight excluding hydrogens is 448 g/mol. The molecule has 0 aliphatic carbocycles. The molecular formula is C20H38Br2N2O. The van der Waals surface area contributed by atoms with Crippen LogP contribution in [0, 0.1) is 0 Å². The smallest absolute Gasteiger partial charge is 0.0931 e. The SMILES string of the molecule is C.C.C.C.C.C[14CH](C)c1ccc(Br)cn1.C[14CH](O)c1ccc(Br)cn1. The normalized spacial score (nSPS) is 9.40. The monoisotopic (exact) mass is 484 g/mol. The first-order chi connectivity index (χ1) is 9.40. The van der Waals surface area contributed by atoms with Gasteiger partial charge in [-0.05, 0) is 69.0 Å². The standard InChI is InChI=1S/C8H10BrN.C7H8BrNO.5CH4/c1-6(2)8-4-3-7(9)5-10-8;1-5(10)7-3-2-6(8)4-9-7;;;;;/h3-6H,1-2H3;2-5,10H,1H3;5*1H4/i6+2;5+2;;;;;. The summed E-state index contributed by atoms with van der Waals surface area (Å²) in [4.78, 5) is 8.21. The molecule has 0 spiro atoms. The Bertz CT molecular complexity index is 463. The van der Waals surface area contributed by atoms with Gasteiger partial charge in [-0.25, -0.2) is 0 Å². The molecule has 2 heterocycles. The summed E-state index contributed by atoms with van der Waals surface area (Å²) < 4.78 is 1.97. The van der Waals surface area contributed by atoms with Crippen LogP contribution in [0.1, 0.15) is 81.3 Å². The van der Waals surface area contributed by atoms with Crippen LogP contribution in [0.3, 0.4) is 0 Å². The maximum absolute atomic E-state index is 9.04.